The van der Waals surface area contributed by atoms with Gasteiger partial charge in [-0.05, 0) is 99.8 Å². The van der Waals surface area contributed by atoms with Crippen molar-refractivity contribution in [2.24, 2.45) is 0 Å². The highest BCUT2D eigenvalue weighted by molar-refractivity contribution is 7.86. The predicted molar refractivity (Wildman–Crippen MR) is 349 cm³/mol. The lowest BCUT2D eigenvalue weighted by atomic mass is 9.81. The summed E-state index contributed by atoms with van der Waals surface area (Å²) in [4.78, 5) is 40.7. The van der Waals surface area contributed by atoms with Gasteiger partial charge in [-0.3, -0.25) is 23.5 Å². The average molecular weight is 1330 g/mol. The molecule has 506 valence electrons. The van der Waals surface area contributed by atoms with Crippen LogP contribution in [-0.4, -0.2) is 212 Å². The van der Waals surface area contributed by atoms with Crippen LogP contribution in [-0.2, 0) is 89.9 Å². The largest absolute Gasteiger partial charge is 0.377 e. The molecule has 5 rings (SSSR count). The van der Waals surface area contributed by atoms with Crippen LogP contribution in [0, 0.1) is 0 Å². The Kier molecular flexibility index (Phi) is 33.2. The molecule has 0 spiro atoms. The number of benzene rings is 3. The number of likely N-dealkylation sites (N-methyl/N-ethyl adjacent to an activating group) is 1. The van der Waals surface area contributed by atoms with E-state index in [0.29, 0.717) is 137 Å². The number of nitrogens with zero attached hydrogens (tertiary/aromatic N) is 3. The Labute approximate surface area is 542 Å². The molecule has 0 fully saturated rings. The summed E-state index contributed by atoms with van der Waals surface area (Å²) in [7, 11) is -6.82. The van der Waals surface area contributed by atoms with Crippen molar-refractivity contribution in [3.63, 3.8) is 0 Å². The number of hydrogen-bond acceptors (Lipinski definition) is 18. The lowest BCUT2D eigenvalue weighted by molar-refractivity contribution is -0.438. The molecule has 6 N–H and O–H groups in total. The maximum atomic E-state index is 12.7. The number of halogens is 1. The molecule has 24 nitrogen and oxygen atoms in total. The van der Waals surface area contributed by atoms with Crippen LogP contribution in [0.25, 0.3) is 0 Å². The number of carbonyl (C=O) groups is 3. The van der Waals surface area contributed by atoms with Crippen molar-refractivity contribution in [1.29, 1.82) is 0 Å². The van der Waals surface area contributed by atoms with Crippen molar-refractivity contribution in [1.82, 2.24) is 21.3 Å². The Bertz CT molecular complexity index is 3130. The second kappa shape index (κ2) is 39.8. The van der Waals surface area contributed by atoms with Crippen molar-refractivity contribution in [2.75, 3.05) is 168 Å². The minimum atomic E-state index is -4.45. The standard InChI is InChI=1S/C64H94ClN7O17S2/c1-7-71-56-23-21-52(90(76,77)78)44-54(56)63(2,3)58(71)14-9-8-10-15-59-64(4,5)55-45-53(91(79,80)81)22-24-57(55)72(59)30-12-11-16-60(73)68-28-32-82-34-36-84-38-39-86-41-43-88-49-87-42-40-85-37-35-83-33-29-69-62(75)48-89-47-61(74)67-27-13-26-66-46-50-17-19-51(20-18-50)70(6)31-25-65/h8-10,14-15,17-24,44-45,66H,7,11-13,16,25-43,46-49H2,1-6H3,(H4-,67,68,69,73,74,75,76,77,78,79,80,81)/p+1. The van der Waals surface area contributed by atoms with Crippen molar-refractivity contribution < 1.29 is 82.8 Å². The van der Waals surface area contributed by atoms with Gasteiger partial charge in [-0.2, -0.15) is 21.4 Å². The molecular weight excluding hydrogens is 1240 g/mol. The molecule has 0 radical (unpaired) electrons. The summed E-state index contributed by atoms with van der Waals surface area (Å²) >= 11 is 5.82. The van der Waals surface area contributed by atoms with Crippen LogP contribution >= 0.6 is 11.6 Å². The van der Waals surface area contributed by atoms with E-state index in [0.717, 1.165) is 65.7 Å². The smallest absolute Gasteiger partial charge is 0.294 e. The van der Waals surface area contributed by atoms with Crippen molar-refractivity contribution in [2.45, 2.75) is 87.5 Å². The molecule has 2 aliphatic heterocycles. The molecule has 3 amide bonds. The summed E-state index contributed by atoms with van der Waals surface area (Å²) in [5.74, 6) is -0.144. The molecule has 0 unspecified atom stereocenters. The zero-order chi connectivity index (χ0) is 66.1. The van der Waals surface area contributed by atoms with Crippen LogP contribution < -0.4 is 31.1 Å². The molecule has 27 heteroatoms. The summed E-state index contributed by atoms with van der Waals surface area (Å²) < 4.78 is 114. The molecule has 0 saturated carbocycles. The highest BCUT2D eigenvalue weighted by Crippen LogP contribution is 2.48. The Hall–Kier alpha value is -5.69. The molecule has 0 saturated heterocycles. The van der Waals surface area contributed by atoms with Crippen LogP contribution in [0.5, 0.6) is 0 Å². The molecular formula is C64H95ClN7O17S2+. The van der Waals surface area contributed by atoms with E-state index in [9.17, 15) is 40.3 Å². The van der Waals surface area contributed by atoms with E-state index in [4.69, 9.17) is 49.5 Å². The predicted octanol–water partition coefficient (Wildman–Crippen LogP) is 5.83. The van der Waals surface area contributed by atoms with Gasteiger partial charge < -0.3 is 69.0 Å². The second-order valence-corrected chi connectivity index (χ2v) is 25.7. The minimum Gasteiger partial charge on any atom is -0.377 e. The number of amides is 3. The van der Waals surface area contributed by atoms with Gasteiger partial charge in [-0.1, -0.05) is 44.2 Å². The zero-order valence-corrected chi connectivity index (χ0v) is 55.9. The molecule has 3 aromatic rings. The number of hydrogen-bond donors (Lipinski definition) is 6. The van der Waals surface area contributed by atoms with Gasteiger partial charge in [-0.25, -0.2) is 0 Å². The van der Waals surface area contributed by atoms with Gasteiger partial charge in [0, 0.05) is 105 Å². The Morgan fingerprint density at radius 2 is 1.15 bits per heavy atom. The Morgan fingerprint density at radius 1 is 0.615 bits per heavy atom. The topological polar surface area (TPSA) is 291 Å². The maximum Gasteiger partial charge on any atom is 0.294 e. The average Bonchev–Trinajstić information content (AvgIpc) is 1.62. The first kappa shape index (κ1) is 76.0. The lowest BCUT2D eigenvalue weighted by Gasteiger charge is -2.25. The van der Waals surface area contributed by atoms with Crippen LogP contribution in [0.1, 0.15) is 77.0 Å². The molecule has 0 bridgehead atoms. The van der Waals surface area contributed by atoms with E-state index < -0.39 is 31.1 Å². The third kappa shape index (κ3) is 26.0. The second-order valence-electron chi connectivity index (χ2n) is 22.4. The van der Waals surface area contributed by atoms with Crippen molar-refractivity contribution in [3.05, 3.63) is 113 Å². The highest BCUT2D eigenvalue weighted by Gasteiger charge is 2.45. The van der Waals surface area contributed by atoms with Gasteiger partial charge in [0.15, 0.2) is 5.71 Å². The number of rotatable bonds is 47. The van der Waals surface area contributed by atoms with E-state index in [1.807, 2.05) is 72.0 Å². The van der Waals surface area contributed by atoms with E-state index in [-0.39, 0.29) is 47.5 Å². The third-order valence-electron chi connectivity index (χ3n) is 15.0. The summed E-state index contributed by atoms with van der Waals surface area (Å²) in [5, 5.41) is 11.7. The Balaban J connectivity index is 0.813. The minimum absolute atomic E-state index is 0.0965. The molecule has 0 atom stereocenters. The SMILES string of the molecule is CCN1/C(=C/C=C/C=C/C2=[N+](CCCCC(=O)NCCOCCOCCOCCOCOCCOCCOCCNC(=O)COCC(=O)NCCCNCc3ccc(N(C)CCCl)cc3)c3ccc(S(=O)(=O)O)cc3C2(C)C)C(C)(C)c2cc(S(=O)(=O)O)ccc21. The fourth-order valence-corrected chi connectivity index (χ4v) is 11.4. The first-order chi connectivity index (χ1) is 43.6. The normalized spacial score (nSPS) is 14.9. The van der Waals surface area contributed by atoms with Crippen LogP contribution in [0.4, 0.5) is 17.1 Å². The van der Waals surface area contributed by atoms with E-state index in [1.54, 1.807) is 12.1 Å². The summed E-state index contributed by atoms with van der Waals surface area (Å²) in [6, 6.07) is 17.6. The first-order valence-electron chi connectivity index (χ1n) is 30.8. The van der Waals surface area contributed by atoms with Crippen molar-refractivity contribution in [3.8, 4) is 0 Å². The Morgan fingerprint density at radius 3 is 1.73 bits per heavy atom. The maximum absolute atomic E-state index is 12.7. The lowest BCUT2D eigenvalue weighted by Crippen LogP contribution is -2.34. The van der Waals surface area contributed by atoms with Gasteiger partial charge in [0.2, 0.25) is 23.4 Å². The van der Waals surface area contributed by atoms with Gasteiger partial charge >= 0.3 is 0 Å². The number of alkyl halides is 1. The molecule has 0 aromatic heterocycles. The summed E-state index contributed by atoms with van der Waals surface area (Å²) in [6.45, 7) is 18.5. The van der Waals surface area contributed by atoms with Crippen LogP contribution in [0.15, 0.2) is 107 Å². The van der Waals surface area contributed by atoms with Crippen LogP contribution in [0.3, 0.4) is 0 Å². The van der Waals surface area contributed by atoms with Gasteiger partial charge in [0.05, 0.1) is 94.5 Å². The number of anilines is 2. The molecule has 0 aliphatic carbocycles. The monoisotopic (exact) mass is 1330 g/mol. The molecule has 3 aromatic carbocycles. The summed E-state index contributed by atoms with van der Waals surface area (Å²) in [5.41, 5.74) is 6.16. The number of ether oxygens (including phenoxy) is 8. The molecule has 91 heavy (non-hydrogen) atoms. The van der Waals surface area contributed by atoms with Gasteiger partial charge in [0.1, 0.15) is 26.6 Å². The van der Waals surface area contributed by atoms with Crippen LogP contribution in [0.2, 0.25) is 0 Å². The molecule has 2 aliphatic rings. The number of allylic oxidation sites excluding steroid dienone is 6. The first-order valence-corrected chi connectivity index (χ1v) is 34.2. The zero-order valence-electron chi connectivity index (χ0n) is 53.5. The van der Waals surface area contributed by atoms with E-state index >= 15 is 0 Å². The van der Waals surface area contributed by atoms with E-state index in [1.165, 1.54) is 29.8 Å². The fourth-order valence-electron chi connectivity index (χ4n) is 10.2. The fraction of sp³-hybridized carbons (Fsp3) is 0.562. The number of fused-ring (bicyclic) bond motifs is 2. The number of unbranched alkanes of at least 4 members (excludes halogenated alkanes) is 1. The number of nitrogens with one attached hydrogen (secondary N) is 4. The summed E-state index contributed by atoms with van der Waals surface area (Å²) in [6.07, 6.45) is 12.0. The number of carbonyl (C=O) groups excluding carboxylic acids is 3. The third-order valence-corrected chi connectivity index (χ3v) is 16.9. The van der Waals surface area contributed by atoms with Crippen molar-refractivity contribution >= 4 is 72.3 Å². The van der Waals surface area contributed by atoms with Gasteiger partial charge in [0.25, 0.3) is 20.2 Å². The van der Waals surface area contributed by atoms with Gasteiger partial charge in [-0.15, -0.1) is 11.6 Å². The highest BCUT2D eigenvalue weighted by atomic mass is 35.5. The quantitative estimate of drug-likeness (QED) is 0.00967. The molecule has 2 heterocycles. The van der Waals surface area contributed by atoms with E-state index in [2.05, 4.69) is 59.9 Å².